The summed E-state index contributed by atoms with van der Waals surface area (Å²) in [6.45, 7) is 5.97. The van der Waals surface area contributed by atoms with E-state index in [-0.39, 0.29) is 5.97 Å². The Kier molecular flexibility index (Phi) is 3.97. The van der Waals surface area contributed by atoms with Crippen LogP contribution in [0.1, 0.15) is 53.1 Å². The molecule has 20 heavy (non-hydrogen) atoms. The number of rotatable bonds is 5. The smallest absolute Gasteiger partial charge is 0.340 e. The molecule has 0 unspecified atom stereocenters. The van der Waals surface area contributed by atoms with Crippen molar-refractivity contribution in [1.29, 1.82) is 0 Å². The zero-order valence-corrected chi connectivity index (χ0v) is 12.1. The second kappa shape index (κ2) is 5.53. The highest BCUT2D eigenvalue weighted by Gasteiger charge is 2.31. The molecule has 1 aliphatic rings. The molecule has 2 N–H and O–H groups in total. The molecule has 1 fully saturated rings. The number of ether oxygens (including phenoxy) is 1. The summed E-state index contributed by atoms with van der Waals surface area (Å²) >= 11 is 0. The molecule has 0 spiro atoms. The monoisotopic (exact) mass is 276 g/mol. The standard InChI is InChI=1S/C15H20N2O3/c1-4-20-15(19)14-10(3)17(11-5-6-11)9(2)12(14)7-8-13(16)18/h7-8,11H,4-6H2,1-3H3,(H2,16,18)/b8-7+. The summed E-state index contributed by atoms with van der Waals surface area (Å²) in [7, 11) is 0. The van der Waals surface area contributed by atoms with E-state index in [0.717, 1.165) is 29.8 Å². The SMILES string of the molecule is CCOC(=O)c1c(/C=C/C(N)=O)c(C)n(C2CC2)c1C. The van der Waals surface area contributed by atoms with Crippen molar-refractivity contribution in [2.45, 2.75) is 39.7 Å². The van der Waals surface area contributed by atoms with Gasteiger partial charge in [-0.15, -0.1) is 0 Å². The van der Waals surface area contributed by atoms with Crippen LogP contribution in [0.25, 0.3) is 6.08 Å². The van der Waals surface area contributed by atoms with E-state index in [9.17, 15) is 9.59 Å². The molecule has 0 bridgehead atoms. The quantitative estimate of drug-likeness (QED) is 0.661. The average molecular weight is 276 g/mol. The maximum absolute atomic E-state index is 12.2. The Labute approximate surface area is 118 Å². The summed E-state index contributed by atoms with van der Waals surface area (Å²) < 4.78 is 7.28. The largest absolute Gasteiger partial charge is 0.462 e. The number of carbonyl (C=O) groups excluding carboxylic acids is 2. The average Bonchev–Trinajstić information content (AvgIpc) is 3.15. The Morgan fingerprint density at radius 3 is 2.50 bits per heavy atom. The van der Waals surface area contributed by atoms with Gasteiger partial charge < -0.3 is 15.0 Å². The zero-order valence-electron chi connectivity index (χ0n) is 12.1. The summed E-state index contributed by atoms with van der Waals surface area (Å²) in [5.74, 6) is -0.882. The van der Waals surface area contributed by atoms with E-state index in [0.29, 0.717) is 18.2 Å². The molecule has 0 saturated heterocycles. The number of nitrogens with zero attached hydrogens (tertiary/aromatic N) is 1. The number of esters is 1. The summed E-state index contributed by atoms with van der Waals surface area (Å²) in [5, 5.41) is 0. The minimum absolute atomic E-state index is 0.324. The second-order valence-electron chi connectivity index (χ2n) is 5.02. The fourth-order valence-corrected chi connectivity index (χ4v) is 2.59. The molecule has 1 saturated carbocycles. The summed E-state index contributed by atoms with van der Waals surface area (Å²) in [6.07, 6.45) is 5.13. The van der Waals surface area contributed by atoms with Crippen LogP contribution in [0, 0.1) is 13.8 Å². The Balaban J connectivity index is 2.53. The molecule has 0 aromatic carbocycles. The van der Waals surface area contributed by atoms with Crippen molar-refractivity contribution in [2.24, 2.45) is 5.73 Å². The van der Waals surface area contributed by atoms with Crippen LogP contribution < -0.4 is 5.73 Å². The van der Waals surface area contributed by atoms with Crippen molar-refractivity contribution in [3.63, 3.8) is 0 Å². The minimum atomic E-state index is -0.531. The fraction of sp³-hybridized carbons (Fsp3) is 0.467. The van der Waals surface area contributed by atoms with Crippen molar-refractivity contribution < 1.29 is 14.3 Å². The van der Waals surface area contributed by atoms with E-state index in [1.54, 1.807) is 13.0 Å². The minimum Gasteiger partial charge on any atom is -0.462 e. The van der Waals surface area contributed by atoms with Crippen LogP contribution in [0.2, 0.25) is 0 Å². The van der Waals surface area contributed by atoms with Gasteiger partial charge >= 0.3 is 5.97 Å². The highest BCUT2D eigenvalue weighted by atomic mass is 16.5. The first-order valence-corrected chi connectivity index (χ1v) is 6.83. The van der Waals surface area contributed by atoms with Gasteiger partial charge in [0.05, 0.1) is 12.2 Å². The molecule has 0 radical (unpaired) electrons. The lowest BCUT2D eigenvalue weighted by Crippen LogP contribution is -2.08. The first-order valence-electron chi connectivity index (χ1n) is 6.83. The molecule has 108 valence electrons. The third kappa shape index (κ3) is 2.61. The number of nitrogens with two attached hydrogens (primary N) is 1. The van der Waals surface area contributed by atoms with E-state index in [2.05, 4.69) is 4.57 Å². The molecule has 2 rings (SSSR count). The molecule has 1 aromatic heterocycles. The number of amides is 1. The highest BCUT2D eigenvalue weighted by Crippen LogP contribution is 2.40. The lowest BCUT2D eigenvalue weighted by molar-refractivity contribution is -0.113. The van der Waals surface area contributed by atoms with E-state index in [1.807, 2.05) is 13.8 Å². The Morgan fingerprint density at radius 2 is 2.00 bits per heavy atom. The first kappa shape index (κ1) is 14.4. The number of hydrogen-bond donors (Lipinski definition) is 1. The van der Waals surface area contributed by atoms with E-state index in [4.69, 9.17) is 10.5 Å². The van der Waals surface area contributed by atoms with Crippen LogP contribution in [-0.2, 0) is 9.53 Å². The second-order valence-corrected chi connectivity index (χ2v) is 5.02. The van der Waals surface area contributed by atoms with Gasteiger partial charge in [-0.05, 0) is 39.7 Å². The van der Waals surface area contributed by atoms with Gasteiger partial charge in [-0.3, -0.25) is 4.79 Å². The van der Waals surface area contributed by atoms with Crippen LogP contribution in [0.5, 0.6) is 0 Å². The van der Waals surface area contributed by atoms with Crippen LogP contribution in [-0.4, -0.2) is 23.1 Å². The van der Waals surface area contributed by atoms with Crippen LogP contribution >= 0.6 is 0 Å². The number of carbonyl (C=O) groups is 2. The number of hydrogen-bond acceptors (Lipinski definition) is 3. The topological polar surface area (TPSA) is 74.3 Å². The predicted molar refractivity (Wildman–Crippen MR) is 76.4 cm³/mol. The third-order valence-corrected chi connectivity index (χ3v) is 3.55. The van der Waals surface area contributed by atoms with Crippen molar-refractivity contribution in [2.75, 3.05) is 6.61 Å². The lowest BCUT2D eigenvalue weighted by Gasteiger charge is -2.07. The number of primary amides is 1. The zero-order chi connectivity index (χ0) is 14.9. The molecule has 0 aliphatic heterocycles. The predicted octanol–water partition coefficient (Wildman–Crippen LogP) is 2.12. The van der Waals surface area contributed by atoms with Gasteiger partial charge in [0.2, 0.25) is 5.91 Å². The van der Waals surface area contributed by atoms with Gasteiger partial charge in [0.15, 0.2) is 0 Å². The molecule has 0 atom stereocenters. The maximum atomic E-state index is 12.2. The van der Waals surface area contributed by atoms with Crippen LogP contribution in [0.4, 0.5) is 0 Å². The first-order chi connectivity index (χ1) is 9.47. The van der Waals surface area contributed by atoms with Gasteiger partial charge in [-0.25, -0.2) is 4.79 Å². The molecule has 1 aliphatic carbocycles. The maximum Gasteiger partial charge on any atom is 0.340 e. The molecule has 5 nitrogen and oxygen atoms in total. The molecule has 1 amide bonds. The van der Waals surface area contributed by atoms with E-state index < -0.39 is 5.91 Å². The molecule has 1 heterocycles. The van der Waals surface area contributed by atoms with E-state index >= 15 is 0 Å². The van der Waals surface area contributed by atoms with Crippen LogP contribution in [0.15, 0.2) is 6.08 Å². The van der Waals surface area contributed by atoms with Gasteiger partial charge in [0, 0.05) is 29.1 Å². The molecule has 5 heteroatoms. The van der Waals surface area contributed by atoms with Crippen LogP contribution in [0.3, 0.4) is 0 Å². The summed E-state index contributed by atoms with van der Waals surface area (Å²) in [4.78, 5) is 23.1. The molecule has 1 aromatic rings. The van der Waals surface area contributed by atoms with Crippen molar-refractivity contribution in [3.05, 3.63) is 28.6 Å². The highest BCUT2D eigenvalue weighted by molar-refractivity contribution is 5.98. The fourth-order valence-electron chi connectivity index (χ4n) is 2.59. The lowest BCUT2D eigenvalue weighted by atomic mass is 10.1. The van der Waals surface area contributed by atoms with Crippen molar-refractivity contribution >= 4 is 18.0 Å². The van der Waals surface area contributed by atoms with E-state index in [1.165, 1.54) is 6.08 Å². The summed E-state index contributed by atoms with van der Waals surface area (Å²) in [5.41, 5.74) is 8.28. The van der Waals surface area contributed by atoms with Crippen molar-refractivity contribution in [3.8, 4) is 0 Å². The van der Waals surface area contributed by atoms with Gasteiger partial charge in [-0.1, -0.05) is 0 Å². The number of aromatic nitrogens is 1. The van der Waals surface area contributed by atoms with Gasteiger partial charge in [0.25, 0.3) is 0 Å². The molecular formula is C15H20N2O3. The van der Waals surface area contributed by atoms with Crippen molar-refractivity contribution in [1.82, 2.24) is 4.57 Å². The molecular weight excluding hydrogens is 256 g/mol. The van der Waals surface area contributed by atoms with Gasteiger partial charge in [-0.2, -0.15) is 0 Å². The Morgan fingerprint density at radius 1 is 1.35 bits per heavy atom. The normalized spacial score (nSPS) is 14.8. The Bertz CT molecular complexity index is 580. The van der Waals surface area contributed by atoms with Gasteiger partial charge in [0.1, 0.15) is 0 Å². The summed E-state index contributed by atoms with van der Waals surface area (Å²) in [6, 6.07) is 0.457. The third-order valence-electron chi connectivity index (χ3n) is 3.55. The Hall–Kier alpha value is -2.04.